The summed E-state index contributed by atoms with van der Waals surface area (Å²) in [6.45, 7) is 1.79. The first-order chi connectivity index (χ1) is 9.27. The minimum Gasteiger partial charge on any atom is -0.287 e. The van der Waals surface area contributed by atoms with E-state index in [1.807, 2.05) is 33.7 Å². The molecule has 0 radical (unpaired) electrons. The lowest BCUT2D eigenvalue weighted by Gasteiger charge is -2.03. The molecule has 100 valence electrons. The van der Waals surface area contributed by atoms with Gasteiger partial charge in [0.15, 0.2) is 0 Å². The van der Waals surface area contributed by atoms with Gasteiger partial charge in [0.25, 0.3) is 0 Å². The zero-order valence-electron chi connectivity index (χ0n) is 10.9. The third-order valence-corrected chi connectivity index (χ3v) is 3.00. The van der Waals surface area contributed by atoms with Gasteiger partial charge >= 0.3 is 11.9 Å². The van der Waals surface area contributed by atoms with Crippen LogP contribution in [0.5, 0.6) is 0 Å². The van der Waals surface area contributed by atoms with Crippen LogP contribution in [0.2, 0.25) is 0 Å². The number of nitrogens with zero attached hydrogens (tertiary/aromatic N) is 4. The largest absolute Gasteiger partial charge is 0.389 e. The molecule has 19 heavy (non-hydrogen) atoms. The summed E-state index contributed by atoms with van der Waals surface area (Å²) in [5.74, 6) is 1.13. The summed E-state index contributed by atoms with van der Waals surface area (Å²) in [6, 6.07) is 3.78. The van der Waals surface area contributed by atoms with Gasteiger partial charge in [-0.1, -0.05) is 9.97 Å². The fourth-order valence-electron chi connectivity index (χ4n) is 1.94. The van der Waals surface area contributed by atoms with Crippen LogP contribution in [0.1, 0.15) is 19.3 Å². The highest BCUT2D eigenvalue weighted by atomic mass is 15.1. The van der Waals surface area contributed by atoms with Crippen molar-refractivity contribution in [3.63, 3.8) is 0 Å². The van der Waals surface area contributed by atoms with Crippen LogP contribution in [0.3, 0.4) is 0 Å². The highest BCUT2D eigenvalue weighted by molar-refractivity contribution is 5.03. The number of aromatic nitrogens is 4. The number of hydrogen-bond acceptors (Lipinski definition) is 4. The van der Waals surface area contributed by atoms with Gasteiger partial charge in [-0.3, -0.25) is 11.5 Å². The van der Waals surface area contributed by atoms with Crippen molar-refractivity contribution in [3.05, 3.63) is 36.9 Å². The molecule has 0 aromatic carbocycles. The normalized spacial score (nSPS) is 10.5. The van der Waals surface area contributed by atoms with Crippen molar-refractivity contribution in [3.8, 4) is 0 Å². The molecule has 0 bridgehead atoms. The summed E-state index contributed by atoms with van der Waals surface area (Å²) in [5.41, 5.74) is 11.5. The van der Waals surface area contributed by atoms with Gasteiger partial charge in [0.1, 0.15) is 12.4 Å². The molecule has 0 atom stereocenters. The molecule has 4 N–H and O–H groups in total. The Morgan fingerprint density at radius 3 is 1.68 bits per heavy atom. The van der Waals surface area contributed by atoms with Gasteiger partial charge in [-0.25, -0.2) is 9.13 Å². The number of nitrogen functional groups attached to an aromatic ring is 2. The number of rotatable bonds is 6. The molecule has 2 heterocycles. The molecule has 2 aromatic heterocycles. The molecule has 0 aliphatic carbocycles. The summed E-state index contributed by atoms with van der Waals surface area (Å²) >= 11 is 0. The minimum absolute atomic E-state index is 0.563. The van der Waals surface area contributed by atoms with Crippen molar-refractivity contribution >= 4 is 11.9 Å². The fraction of sp³-hybridized carbons (Fsp3) is 0.385. The maximum atomic E-state index is 5.77. The van der Waals surface area contributed by atoms with E-state index < -0.39 is 0 Å². The van der Waals surface area contributed by atoms with E-state index in [1.54, 1.807) is 12.4 Å². The first kappa shape index (κ1) is 13.2. The molecule has 0 aliphatic heterocycles. The van der Waals surface area contributed by atoms with Crippen LogP contribution in [-0.4, -0.2) is 9.97 Å². The second kappa shape index (κ2) is 6.63. The lowest BCUT2D eigenvalue weighted by Crippen LogP contribution is -2.38. The van der Waals surface area contributed by atoms with Gasteiger partial charge < -0.3 is 0 Å². The molecule has 0 unspecified atom stereocenters. The molecule has 0 saturated heterocycles. The summed E-state index contributed by atoms with van der Waals surface area (Å²) in [7, 11) is 0. The predicted molar refractivity (Wildman–Crippen MR) is 71.5 cm³/mol. The van der Waals surface area contributed by atoms with Gasteiger partial charge in [-0.15, -0.1) is 0 Å². The van der Waals surface area contributed by atoms with E-state index in [4.69, 9.17) is 11.5 Å². The van der Waals surface area contributed by atoms with Crippen molar-refractivity contribution in [2.45, 2.75) is 32.4 Å². The zero-order chi connectivity index (χ0) is 13.5. The summed E-state index contributed by atoms with van der Waals surface area (Å²) in [4.78, 5) is 8.10. The maximum absolute atomic E-state index is 5.77. The van der Waals surface area contributed by atoms with Gasteiger partial charge in [-0.05, 0) is 19.3 Å². The Bertz CT molecular complexity index is 481. The summed E-state index contributed by atoms with van der Waals surface area (Å²) in [6.07, 6.45) is 10.6. The highest BCUT2D eigenvalue weighted by Crippen LogP contribution is 1.97. The molecule has 6 heteroatoms. The molecule has 0 fully saturated rings. The van der Waals surface area contributed by atoms with E-state index in [9.17, 15) is 0 Å². The molecule has 0 spiro atoms. The Kier molecular flexibility index (Phi) is 4.60. The fourth-order valence-corrected chi connectivity index (χ4v) is 1.94. The van der Waals surface area contributed by atoms with E-state index in [-0.39, 0.29) is 0 Å². The van der Waals surface area contributed by atoms with Crippen LogP contribution in [0.15, 0.2) is 36.9 Å². The van der Waals surface area contributed by atoms with Crippen LogP contribution < -0.4 is 20.6 Å². The molecule has 0 aliphatic rings. The van der Waals surface area contributed by atoms with Crippen LogP contribution in [0.4, 0.5) is 11.9 Å². The van der Waals surface area contributed by atoms with E-state index in [0.717, 1.165) is 32.4 Å². The van der Waals surface area contributed by atoms with Crippen molar-refractivity contribution in [1.29, 1.82) is 0 Å². The molecular formula is C13H20N6+2. The summed E-state index contributed by atoms with van der Waals surface area (Å²) in [5, 5.41) is 0. The van der Waals surface area contributed by atoms with Crippen LogP contribution in [0.25, 0.3) is 0 Å². The number of anilines is 2. The topological polar surface area (TPSA) is 85.6 Å². The zero-order valence-corrected chi connectivity index (χ0v) is 10.9. The minimum atomic E-state index is 0.563. The first-order valence-electron chi connectivity index (χ1n) is 6.47. The maximum Gasteiger partial charge on any atom is 0.389 e. The summed E-state index contributed by atoms with van der Waals surface area (Å²) < 4.78 is 3.93. The Morgan fingerprint density at radius 1 is 0.789 bits per heavy atom. The average molecular weight is 260 g/mol. The molecule has 0 amide bonds. The Hall–Kier alpha value is -2.24. The van der Waals surface area contributed by atoms with Gasteiger partial charge in [0.2, 0.25) is 0 Å². The SMILES string of the molecule is Nc1nccc[n+]1CCCCC[n+]1cccnc1N. The Balaban J connectivity index is 1.71. The lowest BCUT2D eigenvalue weighted by molar-refractivity contribution is -0.689. The molecule has 2 rings (SSSR count). The van der Waals surface area contributed by atoms with Crippen LogP contribution in [0, 0.1) is 0 Å². The number of aryl methyl sites for hydroxylation is 2. The first-order valence-corrected chi connectivity index (χ1v) is 6.47. The van der Waals surface area contributed by atoms with Crippen molar-refractivity contribution in [2.24, 2.45) is 0 Å². The number of hydrogen-bond donors (Lipinski definition) is 2. The standard InChI is InChI=1S/C13H18N6/c14-12-16-6-4-10-18(12)8-2-1-3-9-19-11-5-7-17-13(19)15/h4-7,10-11,14-15H,1-3,8-9H2/p+2. The van der Waals surface area contributed by atoms with E-state index in [1.165, 1.54) is 0 Å². The quantitative estimate of drug-likeness (QED) is 0.569. The number of unbranched alkanes of at least 4 members (excludes halogenated alkanes) is 2. The van der Waals surface area contributed by atoms with E-state index >= 15 is 0 Å². The van der Waals surface area contributed by atoms with Crippen molar-refractivity contribution in [2.75, 3.05) is 11.5 Å². The molecule has 0 saturated carbocycles. The third kappa shape index (κ3) is 3.87. The second-order valence-corrected chi connectivity index (χ2v) is 4.40. The van der Waals surface area contributed by atoms with Crippen molar-refractivity contribution < 1.29 is 9.13 Å². The number of nitrogens with two attached hydrogens (primary N) is 2. The second-order valence-electron chi connectivity index (χ2n) is 4.40. The third-order valence-electron chi connectivity index (χ3n) is 3.00. The van der Waals surface area contributed by atoms with Gasteiger partial charge in [0.05, 0.1) is 25.5 Å². The Labute approximate surface area is 112 Å². The van der Waals surface area contributed by atoms with Gasteiger partial charge in [-0.2, -0.15) is 0 Å². The van der Waals surface area contributed by atoms with Crippen LogP contribution >= 0.6 is 0 Å². The highest BCUT2D eigenvalue weighted by Gasteiger charge is 2.05. The molecule has 2 aromatic rings. The predicted octanol–water partition coefficient (Wildman–Crippen LogP) is 0.0865. The smallest absolute Gasteiger partial charge is 0.287 e. The van der Waals surface area contributed by atoms with E-state index in [0.29, 0.717) is 11.9 Å². The van der Waals surface area contributed by atoms with Crippen LogP contribution in [-0.2, 0) is 13.1 Å². The van der Waals surface area contributed by atoms with Gasteiger partial charge in [0, 0.05) is 12.1 Å². The molecule has 6 nitrogen and oxygen atoms in total. The Morgan fingerprint density at radius 2 is 1.26 bits per heavy atom. The lowest BCUT2D eigenvalue weighted by atomic mass is 10.2. The average Bonchev–Trinajstić information content (AvgIpc) is 2.42. The van der Waals surface area contributed by atoms with Crippen molar-refractivity contribution in [1.82, 2.24) is 9.97 Å². The van der Waals surface area contributed by atoms with E-state index in [2.05, 4.69) is 9.97 Å². The monoisotopic (exact) mass is 260 g/mol. The molecular weight excluding hydrogens is 240 g/mol.